The lowest BCUT2D eigenvalue weighted by molar-refractivity contribution is -0.930. The monoisotopic (exact) mass is 182 g/mol. The van der Waals surface area contributed by atoms with Crippen molar-refractivity contribution in [2.75, 3.05) is 13.1 Å². The Morgan fingerprint density at radius 2 is 2.00 bits per heavy atom. The number of quaternary nitrogens is 1. The molecular weight excluding hydrogens is 160 g/mol. The van der Waals surface area contributed by atoms with E-state index in [1.807, 2.05) is 4.90 Å². The van der Waals surface area contributed by atoms with E-state index >= 15 is 0 Å². The van der Waals surface area contributed by atoms with Crippen molar-refractivity contribution in [2.45, 2.75) is 52.0 Å². The molecule has 0 aromatic rings. The summed E-state index contributed by atoms with van der Waals surface area (Å²) in [5.41, 5.74) is 0. The van der Waals surface area contributed by atoms with Crippen LogP contribution in [0.5, 0.6) is 0 Å². The fourth-order valence-corrected chi connectivity index (χ4v) is 2.29. The van der Waals surface area contributed by atoms with Crippen LogP contribution in [0, 0.1) is 11.8 Å². The second-order valence-electron chi connectivity index (χ2n) is 3.76. The molecule has 1 aliphatic rings. The highest BCUT2D eigenvalue weighted by Crippen LogP contribution is 2.05. The van der Waals surface area contributed by atoms with E-state index in [9.17, 15) is 0 Å². The summed E-state index contributed by atoms with van der Waals surface area (Å²) in [6.07, 6.45) is 7.16. The van der Waals surface area contributed by atoms with Gasteiger partial charge in [-0.05, 0) is 32.1 Å². The Labute approximate surface area is 82.5 Å². The Hall–Kier alpha value is -0.550. The SMILES string of the molecule is CCC[NH+]1CCCCC1CC.[C-]#N. The smallest absolute Gasteiger partial charge is 0.0872 e. The van der Waals surface area contributed by atoms with Gasteiger partial charge >= 0.3 is 0 Å². The molecule has 0 aromatic carbocycles. The fraction of sp³-hybridized carbons (Fsp3) is 0.909. The molecule has 0 aromatic heterocycles. The molecule has 0 saturated carbocycles. The van der Waals surface area contributed by atoms with Crippen molar-refractivity contribution in [3.05, 3.63) is 6.57 Å². The van der Waals surface area contributed by atoms with Gasteiger partial charge in [-0.1, -0.05) is 13.8 Å². The molecule has 2 unspecified atom stereocenters. The van der Waals surface area contributed by atoms with Gasteiger partial charge in [-0.2, -0.15) is 0 Å². The quantitative estimate of drug-likeness (QED) is 0.655. The Balaban J connectivity index is 0.000000671. The number of nitrogens with one attached hydrogen (secondary N) is 1. The van der Waals surface area contributed by atoms with Gasteiger partial charge in [0.15, 0.2) is 0 Å². The number of likely N-dealkylation sites (tertiary alicyclic amines) is 1. The van der Waals surface area contributed by atoms with Gasteiger partial charge < -0.3 is 16.7 Å². The molecule has 0 radical (unpaired) electrons. The molecule has 0 bridgehead atoms. The zero-order chi connectivity index (χ0) is 10.1. The Morgan fingerprint density at radius 3 is 2.54 bits per heavy atom. The van der Waals surface area contributed by atoms with Gasteiger partial charge in [0.05, 0.1) is 19.1 Å². The molecule has 0 spiro atoms. The van der Waals surface area contributed by atoms with Gasteiger partial charge in [-0.15, -0.1) is 0 Å². The van der Waals surface area contributed by atoms with Crippen LogP contribution < -0.4 is 4.90 Å². The second-order valence-corrected chi connectivity index (χ2v) is 3.76. The van der Waals surface area contributed by atoms with Crippen molar-refractivity contribution in [1.82, 2.24) is 0 Å². The van der Waals surface area contributed by atoms with Crippen LogP contribution in [0.4, 0.5) is 0 Å². The highest BCUT2D eigenvalue weighted by molar-refractivity contribution is 4.58. The summed E-state index contributed by atoms with van der Waals surface area (Å²) in [5, 5.41) is 6.25. The molecule has 1 fully saturated rings. The summed E-state index contributed by atoms with van der Waals surface area (Å²) in [6.45, 7) is 12.2. The van der Waals surface area contributed by atoms with Crippen LogP contribution >= 0.6 is 0 Å². The first-order chi connectivity index (χ1) is 6.38. The van der Waals surface area contributed by atoms with E-state index in [4.69, 9.17) is 11.8 Å². The first-order valence-corrected chi connectivity index (χ1v) is 5.45. The number of nitrogens with zero attached hydrogens (tertiary/aromatic N) is 1. The minimum absolute atomic E-state index is 0.990. The minimum Gasteiger partial charge on any atom is -0.512 e. The molecule has 1 saturated heterocycles. The van der Waals surface area contributed by atoms with Crippen molar-refractivity contribution in [3.8, 4) is 0 Å². The Morgan fingerprint density at radius 1 is 1.31 bits per heavy atom. The largest absolute Gasteiger partial charge is 0.512 e. The van der Waals surface area contributed by atoms with Crippen molar-refractivity contribution in [3.63, 3.8) is 0 Å². The Bertz CT molecular complexity index is 129. The van der Waals surface area contributed by atoms with Crippen LogP contribution in [0.15, 0.2) is 0 Å². The predicted molar refractivity (Wildman–Crippen MR) is 53.9 cm³/mol. The summed E-state index contributed by atoms with van der Waals surface area (Å²) in [6, 6.07) is 0.990. The molecule has 2 atom stereocenters. The van der Waals surface area contributed by atoms with E-state index in [-0.39, 0.29) is 0 Å². The van der Waals surface area contributed by atoms with Crippen LogP contribution in [0.3, 0.4) is 0 Å². The second kappa shape index (κ2) is 8.07. The van der Waals surface area contributed by atoms with Crippen LogP contribution in [0.25, 0.3) is 0 Å². The lowest BCUT2D eigenvalue weighted by Gasteiger charge is -2.31. The van der Waals surface area contributed by atoms with Crippen LogP contribution in [0.1, 0.15) is 46.0 Å². The van der Waals surface area contributed by atoms with Gasteiger partial charge in [-0.25, -0.2) is 0 Å². The summed E-state index contributed by atoms with van der Waals surface area (Å²) < 4.78 is 0. The molecule has 13 heavy (non-hydrogen) atoms. The molecule has 1 aliphatic heterocycles. The number of hydrogen-bond donors (Lipinski definition) is 1. The lowest BCUT2D eigenvalue weighted by Crippen LogP contribution is -3.16. The Kier molecular flexibility index (Phi) is 7.73. The molecular formula is C11H22N2. The standard InChI is InChI=1S/C10H21N.CN/c1-3-8-11-9-6-5-7-10(11)4-2;1-2/h10H,3-9H2,1-2H3;/q;-1/p+1. The first-order valence-electron chi connectivity index (χ1n) is 5.45. The molecule has 1 heterocycles. The highest BCUT2D eigenvalue weighted by Gasteiger charge is 2.22. The first kappa shape index (κ1) is 12.4. The zero-order valence-corrected chi connectivity index (χ0v) is 8.97. The normalized spacial score (nSPS) is 27.4. The van der Waals surface area contributed by atoms with E-state index in [1.165, 1.54) is 45.2 Å². The van der Waals surface area contributed by atoms with Crippen LogP contribution in [0.2, 0.25) is 0 Å². The van der Waals surface area contributed by atoms with Gasteiger partial charge in [-0.3, -0.25) is 0 Å². The zero-order valence-electron chi connectivity index (χ0n) is 8.97. The number of piperidine rings is 1. The van der Waals surface area contributed by atoms with Gasteiger partial charge in [0.2, 0.25) is 0 Å². The maximum atomic E-state index is 6.25. The maximum absolute atomic E-state index is 6.25. The van der Waals surface area contributed by atoms with E-state index in [1.54, 1.807) is 0 Å². The third-order valence-electron chi connectivity index (χ3n) is 2.94. The van der Waals surface area contributed by atoms with Gasteiger partial charge in [0, 0.05) is 0 Å². The van der Waals surface area contributed by atoms with Gasteiger partial charge in [0.1, 0.15) is 0 Å². The molecule has 76 valence electrons. The third kappa shape index (κ3) is 4.28. The molecule has 2 heteroatoms. The van der Waals surface area contributed by atoms with Crippen molar-refractivity contribution >= 4 is 0 Å². The minimum atomic E-state index is 0.990. The van der Waals surface area contributed by atoms with E-state index < -0.39 is 0 Å². The molecule has 0 aliphatic carbocycles. The molecule has 1 rings (SSSR count). The average molecular weight is 182 g/mol. The summed E-state index contributed by atoms with van der Waals surface area (Å²) in [4.78, 5) is 1.88. The third-order valence-corrected chi connectivity index (χ3v) is 2.94. The maximum Gasteiger partial charge on any atom is 0.0872 e. The average Bonchev–Trinajstić information content (AvgIpc) is 2.22. The summed E-state index contributed by atoms with van der Waals surface area (Å²) >= 11 is 0. The fourth-order valence-electron chi connectivity index (χ4n) is 2.29. The van der Waals surface area contributed by atoms with Crippen molar-refractivity contribution in [2.24, 2.45) is 0 Å². The summed E-state index contributed by atoms with van der Waals surface area (Å²) in [5.74, 6) is 0. The topological polar surface area (TPSA) is 28.2 Å². The van der Waals surface area contributed by atoms with E-state index in [0.29, 0.717) is 0 Å². The van der Waals surface area contributed by atoms with Crippen LogP contribution in [-0.2, 0) is 0 Å². The van der Waals surface area contributed by atoms with Gasteiger partial charge in [0.25, 0.3) is 0 Å². The molecule has 0 amide bonds. The van der Waals surface area contributed by atoms with E-state index in [0.717, 1.165) is 6.04 Å². The van der Waals surface area contributed by atoms with E-state index in [2.05, 4.69) is 13.8 Å². The molecule has 1 N–H and O–H groups in total. The number of rotatable bonds is 3. The van der Waals surface area contributed by atoms with Crippen LogP contribution in [-0.4, -0.2) is 19.1 Å². The lowest BCUT2D eigenvalue weighted by atomic mass is 10.00. The summed E-state index contributed by atoms with van der Waals surface area (Å²) in [7, 11) is 0. The predicted octanol–water partition coefficient (Wildman–Crippen LogP) is 1.34. The molecule has 2 nitrogen and oxygen atoms in total. The number of hydrogen-bond acceptors (Lipinski definition) is 1. The van der Waals surface area contributed by atoms with Crippen molar-refractivity contribution in [1.29, 1.82) is 5.26 Å². The highest BCUT2D eigenvalue weighted by atomic mass is 15.2. The van der Waals surface area contributed by atoms with Crippen molar-refractivity contribution < 1.29 is 4.90 Å².